The molecule has 0 unspecified atom stereocenters. The fourth-order valence-corrected chi connectivity index (χ4v) is 4.33. The summed E-state index contributed by atoms with van der Waals surface area (Å²) in [4.78, 5) is 32.8. The number of nitrogens with zero attached hydrogens (tertiary/aromatic N) is 4. The average molecular weight is 583 g/mol. The van der Waals surface area contributed by atoms with Gasteiger partial charge in [-0.15, -0.1) is 0 Å². The molecule has 0 aliphatic heterocycles. The Bertz CT molecular complexity index is 1700. The zero-order valence-electron chi connectivity index (χ0n) is 25.6. The van der Waals surface area contributed by atoms with Gasteiger partial charge in [-0.1, -0.05) is 36.8 Å². The largest absolute Gasteiger partial charge is 0.443 e. The topological polar surface area (TPSA) is 114 Å². The molecule has 4 rings (SSSR count). The minimum Gasteiger partial charge on any atom is -0.443 e. The van der Waals surface area contributed by atoms with Crippen LogP contribution < -0.4 is 20.6 Å². The van der Waals surface area contributed by atoms with Crippen molar-refractivity contribution in [2.75, 3.05) is 24.3 Å². The Balaban J connectivity index is 1.85. The van der Waals surface area contributed by atoms with Gasteiger partial charge in [0, 0.05) is 25.8 Å². The van der Waals surface area contributed by atoms with Gasteiger partial charge in [-0.25, -0.2) is 19.1 Å². The number of nitrogens with one attached hydrogen (secondary N) is 2. The van der Waals surface area contributed by atoms with E-state index in [4.69, 9.17) is 14.9 Å². The molecule has 43 heavy (non-hydrogen) atoms. The SMILES string of the molecule is CCC(C)=CC(=N)c1c(NC)n(-c2cccc(N(C)C(=O)OC(C)(C)C)c2)c(=O)n1-c1ccc(Oc2ccccc2)nc1. The van der Waals surface area contributed by atoms with Gasteiger partial charge in [0.15, 0.2) is 0 Å². The number of carbonyl (C=O) groups excluding carboxylic acids is 1. The monoisotopic (exact) mass is 582 g/mol. The zero-order chi connectivity index (χ0) is 31.3. The van der Waals surface area contributed by atoms with Crippen molar-refractivity contribution in [2.45, 2.75) is 46.6 Å². The van der Waals surface area contributed by atoms with Gasteiger partial charge in [0.1, 0.15) is 22.9 Å². The van der Waals surface area contributed by atoms with Crippen LogP contribution in [0.1, 0.15) is 46.7 Å². The highest BCUT2D eigenvalue weighted by Crippen LogP contribution is 2.27. The molecule has 10 nitrogen and oxygen atoms in total. The summed E-state index contributed by atoms with van der Waals surface area (Å²) in [6.45, 7) is 9.36. The Morgan fingerprint density at radius 3 is 2.37 bits per heavy atom. The van der Waals surface area contributed by atoms with Gasteiger partial charge in [-0.05, 0) is 76.6 Å². The van der Waals surface area contributed by atoms with Gasteiger partial charge >= 0.3 is 11.8 Å². The van der Waals surface area contributed by atoms with Crippen LogP contribution in [0.4, 0.5) is 16.3 Å². The Hall–Kier alpha value is -5.12. The molecule has 1 amide bonds. The standard InChI is InChI=1S/C33H38N6O4/c1-8-22(2)19-27(34)29-30(35-6)39(24-14-12-13-23(20-24)37(7)32(41)43-33(3,4)5)31(40)38(29)25-17-18-28(36-21-25)42-26-15-10-9-11-16-26/h9-21,34-35H,8H2,1-7H3. The van der Waals surface area contributed by atoms with E-state index in [0.29, 0.717) is 40.2 Å². The molecule has 0 fully saturated rings. The number of allylic oxidation sites excluding steroid dienone is 2. The van der Waals surface area contributed by atoms with E-state index in [9.17, 15) is 9.59 Å². The Kier molecular flexibility index (Phi) is 9.18. The second-order valence-electron chi connectivity index (χ2n) is 11.0. The molecular formula is C33H38N6O4. The lowest BCUT2D eigenvalue weighted by Gasteiger charge is -2.25. The van der Waals surface area contributed by atoms with E-state index in [1.807, 2.05) is 44.2 Å². The maximum absolute atomic E-state index is 14.2. The molecule has 0 aliphatic carbocycles. The predicted octanol–water partition coefficient (Wildman–Crippen LogP) is 6.95. The number of hydrogen-bond donors (Lipinski definition) is 2. The van der Waals surface area contributed by atoms with Crippen LogP contribution in [0.3, 0.4) is 0 Å². The van der Waals surface area contributed by atoms with Crippen LogP contribution in [0.25, 0.3) is 11.4 Å². The third-order valence-corrected chi connectivity index (χ3v) is 6.58. The number of imidazole rings is 1. The van der Waals surface area contributed by atoms with Gasteiger partial charge < -0.3 is 14.8 Å². The number of aromatic nitrogens is 3. The fourth-order valence-electron chi connectivity index (χ4n) is 4.33. The van der Waals surface area contributed by atoms with Gasteiger partial charge in [0.25, 0.3) is 0 Å². The number of ether oxygens (including phenoxy) is 2. The lowest BCUT2D eigenvalue weighted by atomic mass is 10.1. The van der Waals surface area contributed by atoms with Gasteiger partial charge in [0.2, 0.25) is 5.88 Å². The highest BCUT2D eigenvalue weighted by molar-refractivity contribution is 6.09. The van der Waals surface area contributed by atoms with E-state index in [2.05, 4.69) is 10.3 Å². The van der Waals surface area contributed by atoms with Crippen molar-refractivity contribution in [1.29, 1.82) is 5.41 Å². The first-order chi connectivity index (χ1) is 20.4. The second-order valence-corrected chi connectivity index (χ2v) is 11.0. The number of pyridine rings is 1. The zero-order valence-corrected chi connectivity index (χ0v) is 25.6. The number of hydrogen-bond acceptors (Lipinski definition) is 7. The Morgan fingerprint density at radius 2 is 1.77 bits per heavy atom. The van der Waals surface area contributed by atoms with Crippen molar-refractivity contribution in [3.63, 3.8) is 0 Å². The van der Waals surface area contributed by atoms with Crippen molar-refractivity contribution in [1.82, 2.24) is 14.1 Å². The van der Waals surface area contributed by atoms with Gasteiger partial charge in [0.05, 0.1) is 23.3 Å². The summed E-state index contributed by atoms with van der Waals surface area (Å²) in [5.41, 5.74) is 1.94. The summed E-state index contributed by atoms with van der Waals surface area (Å²) in [5, 5.41) is 12.1. The maximum Gasteiger partial charge on any atom is 0.414 e. The van der Waals surface area contributed by atoms with E-state index in [-0.39, 0.29) is 5.71 Å². The van der Waals surface area contributed by atoms with Crippen molar-refractivity contribution < 1.29 is 14.3 Å². The van der Waals surface area contributed by atoms with Crippen LogP contribution in [-0.4, -0.2) is 45.6 Å². The van der Waals surface area contributed by atoms with Crippen molar-refractivity contribution in [2.24, 2.45) is 0 Å². The van der Waals surface area contributed by atoms with E-state index in [1.54, 1.807) is 83.5 Å². The molecule has 0 saturated heterocycles. The molecule has 0 saturated carbocycles. The minimum atomic E-state index is -0.661. The minimum absolute atomic E-state index is 0.159. The van der Waals surface area contributed by atoms with Gasteiger partial charge in [-0.2, -0.15) is 0 Å². The van der Waals surface area contributed by atoms with Crippen LogP contribution in [0.15, 0.2) is 89.4 Å². The molecule has 4 aromatic rings. The van der Waals surface area contributed by atoms with Crippen molar-refractivity contribution >= 4 is 23.3 Å². The molecule has 0 atom stereocenters. The first kappa shape index (κ1) is 30.8. The summed E-state index contributed by atoms with van der Waals surface area (Å²) in [6, 6.07) is 19.7. The van der Waals surface area contributed by atoms with E-state index < -0.39 is 17.4 Å². The predicted molar refractivity (Wildman–Crippen MR) is 171 cm³/mol. The molecule has 2 N–H and O–H groups in total. The summed E-state index contributed by atoms with van der Waals surface area (Å²) in [6.07, 6.45) is 3.54. The summed E-state index contributed by atoms with van der Waals surface area (Å²) >= 11 is 0. The lowest BCUT2D eigenvalue weighted by Crippen LogP contribution is -2.34. The van der Waals surface area contributed by atoms with E-state index in [1.165, 1.54) is 14.0 Å². The number of anilines is 2. The average Bonchev–Trinajstić information content (AvgIpc) is 3.28. The highest BCUT2D eigenvalue weighted by Gasteiger charge is 2.26. The lowest BCUT2D eigenvalue weighted by molar-refractivity contribution is 0.0589. The smallest absolute Gasteiger partial charge is 0.414 e. The second kappa shape index (κ2) is 12.8. The number of para-hydroxylation sites is 1. The Morgan fingerprint density at radius 1 is 1.05 bits per heavy atom. The van der Waals surface area contributed by atoms with Crippen molar-refractivity contribution in [3.05, 3.63) is 101 Å². The first-order valence-corrected chi connectivity index (χ1v) is 14.0. The summed E-state index contributed by atoms with van der Waals surface area (Å²) in [5.74, 6) is 1.42. The van der Waals surface area contributed by atoms with Crippen molar-refractivity contribution in [3.8, 4) is 23.0 Å². The number of benzene rings is 2. The van der Waals surface area contributed by atoms with Crippen LogP contribution in [0, 0.1) is 5.41 Å². The number of carbonyl (C=O) groups is 1. The van der Waals surface area contributed by atoms with Crippen LogP contribution in [-0.2, 0) is 4.74 Å². The molecule has 2 aromatic heterocycles. The first-order valence-electron chi connectivity index (χ1n) is 14.0. The van der Waals surface area contributed by atoms with E-state index in [0.717, 1.165) is 12.0 Å². The summed E-state index contributed by atoms with van der Waals surface area (Å²) in [7, 11) is 3.32. The van der Waals surface area contributed by atoms with E-state index >= 15 is 0 Å². The quantitative estimate of drug-likeness (QED) is 0.206. The molecule has 10 heteroatoms. The van der Waals surface area contributed by atoms with Crippen LogP contribution in [0.2, 0.25) is 0 Å². The normalized spacial score (nSPS) is 11.7. The maximum atomic E-state index is 14.2. The van der Waals surface area contributed by atoms with Gasteiger partial charge in [-0.3, -0.25) is 14.9 Å². The molecular weight excluding hydrogens is 544 g/mol. The number of rotatable bonds is 9. The third-order valence-electron chi connectivity index (χ3n) is 6.58. The molecule has 2 heterocycles. The fraction of sp³-hybridized carbons (Fsp3) is 0.273. The number of amides is 1. The molecule has 224 valence electrons. The molecule has 0 radical (unpaired) electrons. The summed E-state index contributed by atoms with van der Waals surface area (Å²) < 4.78 is 14.3. The molecule has 2 aromatic carbocycles. The van der Waals surface area contributed by atoms with Crippen LogP contribution in [0.5, 0.6) is 11.6 Å². The molecule has 0 aliphatic rings. The Labute approximate surface area is 251 Å². The molecule has 0 bridgehead atoms. The highest BCUT2D eigenvalue weighted by atomic mass is 16.6. The molecule has 0 spiro atoms. The third kappa shape index (κ3) is 7.03. The van der Waals surface area contributed by atoms with Crippen LogP contribution >= 0.6 is 0 Å².